The Labute approximate surface area is 229 Å². The molecule has 2 aliphatic rings. The second-order valence-electron chi connectivity index (χ2n) is 10.3. The second kappa shape index (κ2) is 12.3. The van der Waals surface area contributed by atoms with Crippen LogP contribution in [0.2, 0.25) is 0 Å². The van der Waals surface area contributed by atoms with E-state index < -0.39 is 5.79 Å². The fourth-order valence-electron chi connectivity index (χ4n) is 4.63. The molecule has 3 aromatic carbocycles. The Morgan fingerprint density at radius 3 is 2.03 bits per heavy atom. The molecular weight excluding hydrogens is 496 g/mol. The number of ether oxygens (including phenoxy) is 6. The molecule has 0 bridgehead atoms. The Morgan fingerprint density at radius 1 is 0.846 bits per heavy atom. The Hall–Kier alpha value is -3.20. The van der Waals surface area contributed by atoms with E-state index in [0.29, 0.717) is 39.0 Å². The molecule has 0 aromatic heterocycles. The predicted molar refractivity (Wildman–Crippen MR) is 145 cm³/mol. The molecule has 2 saturated heterocycles. The summed E-state index contributed by atoms with van der Waals surface area (Å²) < 4.78 is 35.0. The Morgan fingerprint density at radius 2 is 1.46 bits per heavy atom. The van der Waals surface area contributed by atoms with E-state index in [1.165, 1.54) is 0 Å². The summed E-state index contributed by atoms with van der Waals surface area (Å²) in [4.78, 5) is 0. The van der Waals surface area contributed by atoms with Crippen molar-refractivity contribution in [3.63, 3.8) is 0 Å². The number of benzene rings is 3. The van der Waals surface area contributed by atoms with E-state index in [1.54, 1.807) is 0 Å². The van der Waals surface area contributed by atoms with Gasteiger partial charge in [-0.2, -0.15) is 0 Å². The zero-order chi connectivity index (χ0) is 27.2. The summed E-state index contributed by atoms with van der Waals surface area (Å²) in [7, 11) is 0. The van der Waals surface area contributed by atoms with Crippen molar-refractivity contribution >= 4 is 0 Å². The first-order chi connectivity index (χ1) is 18.9. The largest absolute Gasteiger partial charge is 0.462 e. The molecule has 5 rings (SSSR count). The van der Waals surface area contributed by atoms with Gasteiger partial charge in [0.1, 0.15) is 18.8 Å². The first-order valence-electron chi connectivity index (χ1n) is 13.3. The molecule has 0 amide bonds. The fraction of sp³-hybridized carbons (Fsp3) is 0.375. The van der Waals surface area contributed by atoms with E-state index in [9.17, 15) is 5.11 Å². The summed E-state index contributed by atoms with van der Waals surface area (Å²) >= 11 is 0. The van der Waals surface area contributed by atoms with Crippen LogP contribution in [-0.2, 0) is 48.2 Å². The van der Waals surface area contributed by atoms with Gasteiger partial charge in [-0.15, -0.1) is 0 Å². The molecule has 3 aromatic rings. The van der Waals surface area contributed by atoms with Gasteiger partial charge >= 0.3 is 0 Å². The molecule has 7 heteroatoms. The SMILES string of the molecule is C=C1OCC(c2ccc(COCC(OCc3ccc(C4COC(C)(C)O4)cc3)c3ccc(CO)cc3)cc2)O1. The average molecular weight is 533 g/mol. The van der Waals surface area contributed by atoms with Crippen LogP contribution in [-0.4, -0.2) is 30.7 Å². The third-order valence-electron chi connectivity index (χ3n) is 6.90. The van der Waals surface area contributed by atoms with Crippen LogP contribution >= 0.6 is 0 Å². The van der Waals surface area contributed by atoms with E-state index in [2.05, 4.69) is 30.8 Å². The van der Waals surface area contributed by atoms with Crippen molar-refractivity contribution in [2.75, 3.05) is 19.8 Å². The minimum atomic E-state index is -0.553. The lowest BCUT2D eigenvalue weighted by molar-refractivity contribution is -0.139. The van der Waals surface area contributed by atoms with Gasteiger partial charge in [-0.1, -0.05) is 72.8 Å². The number of rotatable bonds is 11. The minimum absolute atomic E-state index is 0.00368. The van der Waals surface area contributed by atoms with Crippen molar-refractivity contribution in [2.24, 2.45) is 0 Å². The summed E-state index contributed by atoms with van der Waals surface area (Å²) in [6.45, 7) is 9.87. The maximum Gasteiger partial charge on any atom is 0.272 e. The van der Waals surface area contributed by atoms with Gasteiger partial charge in [0.05, 0.1) is 33.0 Å². The summed E-state index contributed by atoms with van der Waals surface area (Å²) in [5, 5.41) is 9.43. The van der Waals surface area contributed by atoms with Crippen LogP contribution in [0.5, 0.6) is 0 Å². The standard InChI is InChI=1S/C32H36O7/c1-22-35-20-30(38-22)27-12-6-24(7-13-27)17-34-19-29(26-10-4-23(16-33)5-11-26)36-18-25-8-14-28(15-9-25)31-21-37-32(2,3)39-31/h4-15,29-31,33H,1,16-21H2,2-3H3. The molecule has 2 aliphatic heterocycles. The molecule has 3 atom stereocenters. The topological polar surface area (TPSA) is 75.6 Å². The van der Waals surface area contributed by atoms with E-state index >= 15 is 0 Å². The van der Waals surface area contributed by atoms with Crippen LogP contribution in [0.4, 0.5) is 0 Å². The number of aliphatic hydroxyl groups is 1. The van der Waals surface area contributed by atoms with Crippen molar-refractivity contribution in [1.82, 2.24) is 0 Å². The monoisotopic (exact) mass is 532 g/mol. The Balaban J connectivity index is 1.18. The third-order valence-corrected chi connectivity index (χ3v) is 6.90. The molecule has 1 N–H and O–H groups in total. The molecule has 0 spiro atoms. The first kappa shape index (κ1) is 27.4. The van der Waals surface area contributed by atoms with Crippen LogP contribution < -0.4 is 0 Å². The number of hydrogen-bond acceptors (Lipinski definition) is 7. The quantitative estimate of drug-likeness (QED) is 0.323. The van der Waals surface area contributed by atoms with E-state index in [0.717, 1.165) is 33.4 Å². The smallest absolute Gasteiger partial charge is 0.272 e. The molecule has 206 valence electrons. The molecule has 0 aliphatic carbocycles. The molecule has 39 heavy (non-hydrogen) atoms. The van der Waals surface area contributed by atoms with Crippen LogP contribution in [0.3, 0.4) is 0 Å². The van der Waals surface area contributed by atoms with Gasteiger partial charge in [-0.25, -0.2) is 0 Å². The first-order valence-corrected chi connectivity index (χ1v) is 13.3. The summed E-state index contributed by atoms with van der Waals surface area (Å²) in [5.41, 5.74) is 6.11. The van der Waals surface area contributed by atoms with Crippen molar-refractivity contribution in [1.29, 1.82) is 0 Å². The molecule has 0 radical (unpaired) electrons. The predicted octanol–water partition coefficient (Wildman–Crippen LogP) is 6.04. The van der Waals surface area contributed by atoms with Crippen LogP contribution in [0.25, 0.3) is 0 Å². The Bertz CT molecular complexity index is 1220. The molecule has 0 saturated carbocycles. The van der Waals surface area contributed by atoms with Crippen molar-refractivity contribution in [3.8, 4) is 0 Å². The number of aliphatic hydroxyl groups excluding tert-OH is 1. The Kier molecular flexibility index (Phi) is 8.65. The fourth-order valence-corrected chi connectivity index (χ4v) is 4.63. The number of hydrogen-bond donors (Lipinski definition) is 1. The van der Waals surface area contributed by atoms with E-state index in [1.807, 2.05) is 62.4 Å². The average Bonchev–Trinajstić information content (AvgIpc) is 3.56. The van der Waals surface area contributed by atoms with Gasteiger partial charge in [0.15, 0.2) is 11.9 Å². The van der Waals surface area contributed by atoms with Gasteiger partial charge in [0.25, 0.3) is 5.95 Å². The highest BCUT2D eigenvalue weighted by Crippen LogP contribution is 2.33. The zero-order valence-electron chi connectivity index (χ0n) is 22.5. The van der Waals surface area contributed by atoms with Crippen molar-refractivity contribution in [2.45, 2.75) is 57.8 Å². The minimum Gasteiger partial charge on any atom is -0.462 e. The molecular formula is C32H36O7. The highest BCUT2D eigenvalue weighted by atomic mass is 16.7. The zero-order valence-corrected chi connectivity index (χ0v) is 22.5. The second-order valence-corrected chi connectivity index (χ2v) is 10.3. The summed E-state index contributed by atoms with van der Waals surface area (Å²) in [5.74, 6) is -0.190. The molecule has 2 fully saturated rings. The molecule has 7 nitrogen and oxygen atoms in total. The van der Waals surface area contributed by atoms with Crippen LogP contribution in [0, 0.1) is 0 Å². The lowest BCUT2D eigenvalue weighted by Gasteiger charge is -2.20. The molecule has 2 heterocycles. The van der Waals surface area contributed by atoms with Gasteiger partial charge in [-0.05, 0) is 53.8 Å². The normalized spacial score (nSPS) is 20.9. The van der Waals surface area contributed by atoms with E-state index in [4.69, 9.17) is 28.4 Å². The highest BCUT2D eigenvalue weighted by molar-refractivity contribution is 5.27. The highest BCUT2D eigenvalue weighted by Gasteiger charge is 2.33. The van der Waals surface area contributed by atoms with Crippen LogP contribution in [0.1, 0.15) is 65.5 Å². The molecule has 3 unspecified atom stereocenters. The summed E-state index contributed by atoms with van der Waals surface area (Å²) in [6.07, 6.45) is -0.445. The van der Waals surface area contributed by atoms with Gasteiger partial charge < -0.3 is 33.5 Å². The van der Waals surface area contributed by atoms with Gasteiger partial charge in [0, 0.05) is 0 Å². The maximum atomic E-state index is 9.43. The van der Waals surface area contributed by atoms with Crippen LogP contribution in [0.15, 0.2) is 85.3 Å². The van der Waals surface area contributed by atoms with Gasteiger partial charge in [-0.3, -0.25) is 0 Å². The lowest BCUT2D eigenvalue weighted by atomic mass is 10.1. The van der Waals surface area contributed by atoms with Crippen molar-refractivity contribution < 1.29 is 33.5 Å². The van der Waals surface area contributed by atoms with E-state index in [-0.39, 0.29) is 24.9 Å². The lowest BCUT2D eigenvalue weighted by Crippen LogP contribution is -2.19. The van der Waals surface area contributed by atoms with Crippen molar-refractivity contribution in [3.05, 3.63) is 119 Å². The maximum absolute atomic E-state index is 9.43. The summed E-state index contributed by atoms with van der Waals surface area (Å²) in [6, 6.07) is 24.2. The third kappa shape index (κ3) is 7.26. The van der Waals surface area contributed by atoms with Gasteiger partial charge in [0.2, 0.25) is 0 Å².